The number of guanidine groups is 1. The second-order valence-corrected chi connectivity index (χ2v) is 14.4. The summed E-state index contributed by atoms with van der Waals surface area (Å²) in [6.07, 6.45) is 2.68. The molecule has 0 saturated heterocycles. The van der Waals surface area contributed by atoms with E-state index >= 15 is 0 Å². The first-order valence-electron chi connectivity index (χ1n) is 18.6. The lowest BCUT2D eigenvalue weighted by Gasteiger charge is -2.26. The Morgan fingerprint density at radius 2 is 1.42 bits per heavy atom. The highest BCUT2D eigenvalue weighted by Gasteiger charge is 2.32. The number of fused-ring (bicyclic) bond motifs is 1. The van der Waals surface area contributed by atoms with Crippen LogP contribution in [0.3, 0.4) is 0 Å². The summed E-state index contributed by atoms with van der Waals surface area (Å²) in [5.74, 6) is -5.32. The van der Waals surface area contributed by atoms with Gasteiger partial charge in [-0.2, -0.15) is 0 Å². The van der Waals surface area contributed by atoms with Crippen LogP contribution in [0.4, 0.5) is 0 Å². The molecule has 0 radical (unpaired) electrons. The fraction of sp³-hybridized carbons (Fsp3) is 0.275. The molecule has 12 N–H and O–H groups in total. The predicted molar refractivity (Wildman–Crippen MR) is 221 cm³/mol. The molecule has 18 nitrogen and oxygen atoms in total. The molecule has 5 rings (SSSR count). The van der Waals surface area contributed by atoms with E-state index in [1.807, 2.05) is 24.3 Å². The first-order valence-corrected chi connectivity index (χ1v) is 19.5. The van der Waals surface area contributed by atoms with Gasteiger partial charge in [-0.15, -0.1) is 11.3 Å². The van der Waals surface area contributed by atoms with Crippen LogP contribution in [0, 0.1) is 0 Å². The van der Waals surface area contributed by atoms with Crippen molar-refractivity contribution in [1.82, 2.24) is 36.2 Å². The number of aromatic nitrogens is 3. The Morgan fingerprint density at radius 1 is 0.763 bits per heavy atom. The molecule has 308 valence electrons. The quantitative estimate of drug-likeness (QED) is 0.0287. The molecule has 5 aromatic rings. The van der Waals surface area contributed by atoms with Gasteiger partial charge < -0.3 is 48.6 Å². The molecule has 0 spiro atoms. The van der Waals surface area contributed by atoms with Crippen LogP contribution in [0.15, 0.2) is 95.6 Å². The smallest absolute Gasteiger partial charge is 0.303 e. The Balaban J connectivity index is 1.40. The number of aromatic amines is 1. The highest BCUT2D eigenvalue weighted by atomic mass is 32.1. The summed E-state index contributed by atoms with van der Waals surface area (Å²) in [6.45, 7) is 0.138. The predicted octanol–water partition coefficient (Wildman–Crippen LogP) is 1.13. The van der Waals surface area contributed by atoms with Crippen molar-refractivity contribution in [2.45, 2.75) is 62.7 Å². The van der Waals surface area contributed by atoms with E-state index in [1.165, 1.54) is 16.7 Å². The van der Waals surface area contributed by atoms with Gasteiger partial charge in [0.25, 0.3) is 5.91 Å². The van der Waals surface area contributed by atoms with E-state index in [-0.39, 0.29) is 50.3 Å². The average Bonchev–Trinajstić information content (AvgIpc) is 3.89. The second kappa shape index (κ2) is 20.8. The first-order chi connectivity index (χ1) is 28.4. The van der Waals surface area contributed by atoms with Gasteiger partial charge in [0.2, 0.25) is 23.6 Å². The Bertz CT molecular complexity index is 2280. The normalized spacial score (nSPS) is 12.9. The average molecular weight is 824 g/mol. The first kappa shape index (κ1) is 43.0. The van der Waals surface area contributed by atoms with Crippen LogP contribution < -0.4 is 38.5 Å². The van der Waals surface area contributed by atoms with Crippen LogP contribution in [0.5, 0.6) is 0 Å². The summed E-state index contributed by atoms with van der Waals surface area (Å²) in [6, 6.07) is 16.2. The number of carbonyl (C=O) groups excluding carboxylic acids is 5. The minimum atomic E-state index is -1.45. The van der Waals surface area contributed by atoms with E-state index in [0.29, 0.717) is 21.8 Å². The number of hydrogen-bond acceptors (Lipinski definition) is 10. The van der Waals surface area contributed by atoms with Gasteiger partial charge in [-0.3, -0.25) is 38.7 Å². The highest BCUT2D eigenvalue weighted by molar-refractivity contribution is 7.13. The van der Waals surface area contributed by atoms with Gasteiger partial charge in [-0.25, -0.2) is 4.98 Å². The number of rotatable bonds is 21. The molecule has 4 atom stereocenters. The summed E-state index contributed by atoms with van der Waals surface area (Å²) in [7, 11) is 0. The maximum absolute atomic E-state index is 14.2. The third-order valence-corrected chi connectivity index (χ3v) is 10.0. The fourth-order valence-electron chi connectivity index (χ4n) is 6.15. The van der Waals surface area contributed by atoms with Gasteiger partial charge in [0, 0.05) is 54.5 Å². The van der Waals surface area contributed by atoms with Gasteiger partial charge >= 0.3 is 5.97 Å². The van der Waals surface area contributed by atoms with Crippen LogP contribution in [-0.4, -0.2) is 92.2 Å². The fourth-order valence-corrected chi connectivity index (χ4v) is 6.92. The molecule has 0 aliphatic rings. The number of carboxylic acid groups (broad SMARTS) is 1. The third kappa shape index (κ3) is 12.7. The number of amides is 5. The van der Waals surface area contributed by atoms with Crippen molar-refractivity contribution in [2.24, 2.45) is 22.2 Å². The number of nitrogens with one attached hydrogen (secondary N) is 5. The van der Waals surface area contributed by atoms with E-state index in [2.05, 4.69) is 41.2 Å². The van der Waals surface area contributed by atoms with E-state index in [9.17, 15) is 33.9 Å². The summed E-state index contributed by atoms with van der Waals surface area (Å²) < 4.78 is 0. The van der Waals surface area contributed by atoms with Crippen molar-refractivity contribution in [3.8, 4) is 10.7 Å². The maximum Gasteiger partial charge on any atom is 0.303 e. The number of para-hydroxylation sites is 1. The lowest BCUT2D eigenvalue weighted by molar-refractivity contribution is -0.138. The van der Waals surface area contributed by atoms with Crippen LogP contribution >= 0.6 is 11.3 Å². The molecule has 0 aliphatic carbocycles. The Kier molecular flexibility index (Phi) is 15.2. The highest BCUT2D eigenvalue weighted by Crippen LogP contribution is 2.22. The Morgan fingerprint density at radius 3 is 2.12 bits per heavy atom. The number of primary amides is 1. The number of benzene rings is 2. The van der Waals surface area contributed by atoms with Crippen molar-refractivity contribution in [1.29, 1.82) is 0 Å². The van der Waals surface area contributed by atoms with Crippen molar-refractivity contribution in [3.63, 3.8) is 0 Å². The zero-order valence-corrected chi connectivity index (χ0v) is 32.6. The number of aliphatic imine (C=N–C) groups is 1. The Labute approximate surface area is 342 Å². The molecule has 0 saturated carbocycles. The minimum Gasteiger partial charge on any atom is -0.481 e. The van der Waals surface area contributed by atoms with E-state index in [1.54, 1.807) is 60.9 Å². The second-order valence-electron chi connectivity index (χ2n) is 13.5. The number of carbonyl (C=O) groups is 6. The van der Waals surface area contributed by atoms with Crippen molar-refractivity contribution in [2.75, 3.05) is 6.54 Å². The molecule has 0 bridgehead atoms. The van der Waals surface area contributed by atoms with Crippen molar-refractivity contribution < 1.29 is 33.9 Å². The van der Waals surface area contributed by atoms with Crippen LogP contribution in [0.25, 0.3) is 21.6 Å². The molecule has 0 unspecified atom stereocenters. The summed E-state index contributed by atoms with van der Waals surface area (Å²) in [5, 5.41) is 22.9. The van der Waals surface area contributed by atoms with Crippen LogP contribution in [0.2, 0.25) is 0 Å². The lowest BCUT2D eigenvalue weighted by Crippen LogP contribution is -2.58. The van der Waals surface area contributed by atoms with Gasteiger partial charge in [-0.1, -0.05) is 54.6 Å². The number of thiazole rings is 1. The van der Waals surface area contributed by atoms with E-state index < -0.39 is 66.1 Å². The number of aliphatic carboxylic acids is 1. The number of carboxylic acids is 1. The molecule has 59 heavy (non-hydrogen) atoms. The molecule has 3 aromatic heterocycles. The van der Waals surface area contributed by atoms with Gasteiger partial charge in [0.05, 0.1) is 5.69 Å². The third-order valence-electron chi connectivity index (χ3n) is 9.14. The number of nitrogens with zero attached hydrogens (tertiary/aromatic N) is 3. The Hall–Kier alpha value is -7.15. The number of H-pyrrole nitrogens is 1. The largest absolute Gasteiger partial charge is 0.481 e. The number of nitrogens with two attached hydrogens (primary N) is 3. The van der Waals surface area contributed by atoms with E-state index in [0.717, 1.165) is 10.9 Å². The topological polar surface area (TPSA) is 303 Å². The number of hydrogen-bond donors (Lipinski definition) is 9. The SMILES string of the molecule is NC(=O)[C@@H](Cc1ccccc1)NC(=O)[C@H](CCC(=O)O)NC(=O)[C@H](Cc1c[nH]c2ccccc12)NC(=O)[C@@H](CCCN=C(N)N)NC(=O)c1csc(-c2ccccn2)n1. The summed E-state index contributed by atoms with van der Waals surface area (Å²) >= 11 is 1.20. The zero-order chi connectivity index (χ0) is 42.3. The molecule has 2 aromatic carbocycles. The summed E-state index contributed by atoms with van der Waals surface area (Å²) in [5.41, 5.74) is 19.3. The standard InChI is InChI=1S/C40H45N11O7S/c41-34(54)30(19-23-9-2-1-3-10-23)49-36(56)28(15-16-33(52)53)48-37(57)31(20-24-21-46-26-12-5-4-11-25(24)26)50-35(55)27(14-8-18-45-40(42)43)47-38(58)32-22-59-39(51-32)29-13-6-7-17-44-29/h1-7,9-13,17,21-22,27-28,30-31,46H,8,14-16,18-20H2,(H2,41,54)(H,47,58)(H,48,57)(H,49,56)(H,50,55)(H,52,53)(H4,42,43,45)/t27-,28+,30-,31+/m1/s1. The molecular weight excluding hydrogens is 779 g/mol. The molecular formula is C40H45N11O7S. The van der Waals surface area contributed by atoms with Crippen molar-refractivity contribution in [3.05, 3.63) is 107 Å². The molecule has 3 heterocycles. The number of pyridine rings is 1. The summed E-state index contributed by atoms with van der Waals surface area (Å²) in [4.78, 5) is 95.4. The maximum atomic E-state index is 14.2. The van der Waals surface area contributed by atoms with Gasteiger partial charge in [0.15, 0.2) is 5.96 Å². The minimum absolute atomic E-state index is 0.0413. The van der Waals surface area contributed by atoms with Crippen molar-refractivity contribution >= 4 is 63.7 Å². The monoisotopic (exact) mass is 823 g/mol. The van der Waals surface area contributed by atoms with Gasteiger partial charge in [-0.05, 0) is 48.6 Å². The molecule has 0 aliphatic heterocycles. The van der Waals surface area contributed by atoms with E-state index in [4.69, 9.17) is 17.2 Å². The molecule has 0 fully saturated rings. The van der Waals surface area contributed by atoms with Crippen LogP contribution in [-0.2, 0) is 36.8 Å². The van der Waals surface area contributed by atoms with Crippen LogP contribution in [0.1, 0.15) is 47.3 Å². The molecule has 19 heteroatoms. The molecule has 5 amide bonds. The van der Waals surface area contributed by atoms with Gasteiger partial charge in [0.1, 0.15) is 34.9 Å². The zero-order valence-electron chi connectivity index (χ0n) is 31.8. The lowest BCUT2D eigenvalue weighted by atomic mass is 10.0.